The third-order valence-corrected chi connectivity index (χ3v) is 0. The molecule has 0 rings (SSSR count). The van der Waals surface area contributed by atoms with Crippen LogP contribution in [0, 0.1) is 0 Å². The summed E-state index contributed by atoms with van der Waals surface area (Å²) in [4.78, 5) is 0. The molecule has 0 bridgehead atoms. The van der Waals surface area contributed by atoms with Gasteiger partial charge in [-0.05, 0) is 0 Å². The molecule has 0 spiro atoms. The van der Waals surface area contributed by atoms with Crippen molar-refractivity contribution in [1.82, 2.24) is 0 Å². The van der Waals surface area contributed by atoms with E-state index in [0.29, 0.717) is 0 Å². The molecule has 0 amide bonds. The summed E-state index contributed by atoms with van der Waals surface area (Å²) in [6.45, 7) is 0. The van der Waals surface area contributed by atoms with E-state index in [1.165, 1.54) is 0 Å². The van der Waals surface area contributed by atoms with Gasteiger partial charge >= 0.3 is 42.9 Å². The minimum atomic E-state index is -2.06. The van der Waals surface area contributed by atoms with E-state index in [1.54, 1.807) is 0 Å². The van der Waals surface area contributed by atoms with Crippen molar-refractivity contribution in [3.63, 3.8) is 0 Å². The Kier molecular flexibility index (Phi) is 2.10. The molecule has 0 aliphatic rings. The molecule has 0 saturated heterocycles. The summed E-state index contributed by atoms with van der Waals surface area (Å²) in [5.41, 5.74) is 0. The zero-order chi connectivity index (χ0) is 4.50. The van der Waals surface area contributed by atoms with E-state index in [4.69, 9.17) is 20.0 Å². The molecule has 5 heavy (non-hydrogen) atoms. The van der Waals surface area contributed by atoms with Crippen LogP contribution >= 0.6 is 20.0 Å². The van der Waals surface area contributed by atoms with Crippen molar-refractivity contribution in [3.8, 4) is 0 Å². The van der Waals surface area contributed by atoms with Crippen LogP contribution in [-0.2, 0) is 0 Å². The second-order valence-corrected chi connectivity index (χ2v) is 17.7. The average Bonchev–Trinajstić information content (AvgIpc) is 0.722. The normalized spacial score (nSPS) is 12.0. The van der Waals surface area contributed by atoms with Crippen LogP contribution in [0.15, 0.2) is 0 Å². The third-order valence-electron chi connectivity index (χ3n) is 0. The Balaban J connectivity index is 3.02. The summed E-state index contributed by atoms with van der Waals surface area (Å²) in [6, 6.07) is 0. The molecule has 32 valence electrons. The summed E-state index contributed by atoms with van der Waals surface area (Å²) in [7, 11) is 11.0. The maximum absolute atomic E-state index is 5.48. The predicted octanol–water partition coefficient (Wildman–Crippen LogP) is 2.17. The summed E-state index contributed by atoms with van der Waals surface area (Å²) in [5, 5.41) is 0. The molecule has 0 nitrogen and oxygen atoms in total. The molecule has 0 saturated carbocycles. The summed E-state index contributed by atoms with van der Waals surface area (Å²) < 4.78 is 0. The average molecular weight is 174 g/mol. The van der Waals surface area contributed by atoms with E-state index in [2.05, 4.69) is 0 Å². The van der Waals surface area contributed by atoms with Crippen molar-refractivity contribution in [2.24, 2.45) is 0 Å². The van der Waals surface area contributed by atoms with Crippen LogP contribution in [0.4, 0.5) is 0 Å². The van der Waals surface area contributed by atoms with Gasteiger partial charge in [-0.2, -0.15) is 0 Å². The van der Waals surface area contributed by atoms with Crippen LogP contribution in [0.3, 0.4) is 0 Å². The van der Waals surface area contributed by atoms with Gasteiger partial charge in [0.15, 0.2) is 0 Å². The second kappa shape index (κ2) is 1.72. The van der Waals surface area contributed by atoms with Gasteiger partial charge in [-0.25, -0.2) is 0 Å². The topological polar surface area (TPSA) is 0 Å². The van der Waals surface area contributed by atoms with Gasteiger partial charge in [-0.3, -0.25) is 0 Å². The number of rotatable bonds is 0. The Morgan fingerprint density at radius 3 is 1.20 bits per heavy atom. The fraction of sp³-hybridized carbons (Fsp3) is 1.00. The van der Waals surface area contributed by atoms with Crippen molar-refractivity contribution in [3.05, 3.63) is 0 Å². The number of hydrogen-bond acceptors (Lipinski definition) is 0. The summed E-state index contributed by atoms with van der Waals surface area (Å²) >= 11 is -2.06. The van der Waals surface area contributed by atoms with E-state index in [0.717, 1.165) is 0 Å². The first-order valence-electron chi connectivity index (χ1n) is 1.38. The number of hydrogen-bond donors (Lipinski definition) is 0. The van der Waals surface area contributed by atoms with Crippen molar-refractivity contribution in [1.29, 1.82) is 0 Å². The van der Waals surface area contributed by atoms with Gasteiger partial charge in [0, 0.05) is 0 Å². The monoisotopic (exact) mass is 174 g/mol. The van der Waals surface area contributed by atoms with Crippen molar-refractivity contribution >= 4 is 31.4 Å². The molecule has 0 aromatic rings. The van der Waals surface area contributed by atoms with Crippen LogP contribution in [0.2, 0.25) is 11.5 Å². The Hall–Kier alpha value is 1.12. The molecule has 3 heteroatoms. The van der Waals surface area contributed by atoms with Gasteiger partial charge in [-0.1, -0.05) is 0 Å². The van der Waals surface area contributed by atoms with Crippen LogP contribution in [-0.4, -0.2) is 11.4 Å². The van der Waals surface area contributed by atoms with E-state index in [9.17, 15) is 0 Å². The van der Waals surface area contributed by atoms with E-state index < -0.39 is 11.4 Å². The van der Waals surface area contributed by atoms with Gasteiger partial charge in [0.05, 0.1) is 0 Å². The molecule has 0 aromatic heterocycles. The van der Waals surface area contributed by atoms with Gasteiger partial charge in [0.1, 0.15) is 0 Å². The first-order chi connectivity index (χ1) is 2.00. The maximum atomic E-state index is 5.48. The molecule has 0 radical (unpaired) electrons. The fourth-order valence-corrected chi connectivity index (χ4v) is 0. The minimum absolute atomic E-state index is 1.91. The van der Waals surface area contributed by atoms with Crippen molar-refractivity contribution < 1.29 is 0 Å². The third kappa shape index (κ3) is 39.6. The molecule has 0 atom stereocenters. The molecular weight excluding hydrogens is 168 g/mol. The van der Waals surface area contributed by atoms with E-state index in [-0.39, 0.29) is 0 Å². The zero-order valence-electron chi connectivity index (χ0n) is 3.26. The molecule has 0 unspecified atom stereocenters. The molecular formula is C2H6Cl2Ge. The fourth-order valence-electron chi connectivity index (χ4n) is 0. The predicted molar refractivity (Wildman–Crippen MR) is 29.2 cm³/mol. The first kappa shape index (κ1) is 6.12. The SMILES string of the molecule is [CH3][Ge]([CH3])([Cl])[Cl]. The van der Waals surface area contributed by atoms with E-state index >= 15 is 0 Å². The zero-order valence-corrected chi connectivity index (χ0v) is 6.87. The van der Waals surface area contributed by atoms with Crippen LogP contribution in [0.5, 0.6) is 0 Å². The Bertz CT molecular complexity index is 23.1. The van der Waals surface area contributed by atoms with Crippen molar-refractivity contribution in [2.75, 3.05) is 0 Å². The van der Waals surface area contributed by atoms with Gasteiger partial charge in [0.2, 0.25) is 0 Å². The Morgan fingerprint density at radius 2 is 1.20 bits per heavy atom. The van der Waals surface area contributed by atoms with Gasteiger partial charge < -0.3 is 0 Å². The number of halogens is 2. The van der Waals surface area contributed by atoms with Gasteiger partial charge in [0.25, 0.3) is 0 Å². The first-order valence-corrected chi connectivity index (χ1v) is 11.1. The van der Waals surface area contributed by atoms with Crippen molar-refractivity contribution in [2.45, 2.75) is 11.5 Å². The molecule has 0 heterocycles. The van der Waals surface area contributed by atoms with Crippen LogP contribution in [0.25, 0.3) is 0 Å². The molecule has 0 N–H and O–H groups in total. The summed E-state index contributed by atoms with van der Waals surface area (Å²) in [5.74, 6) is 3.81. The van der Waals surface area contributed by atoms with E-state index in [1.807, 2.05) is 11.5 Å². The second-order valence-electron chi connectivity index (χ2n) is 1.33. The molecule has 0 aliphatic carbocycles. The Labute approximate surface area is 43.2 Å². The molecule has 0 aliphatic heterocycles. The molecule has 0 aromatic carbocycles. The standard InChI is InChI=1S/C2H6Cl2Ge/c1-5(2,3)4/h1-2H3. The quantitative estimate of drug-likeness (QED) is 0.493. The summed E-state index contributed by atoms with van der Waals surface area (Å²) in [6.07, 6.45) is 0. The molecule has 0 fully saturated rings. The van der Waals surface area contributed by atoms with Gasteiger partial charge in [-0.15, -0.1) is 0 Å². The van der Waals surface area contributed by atoms with Crippen LogP contribution < -0.4 is 0 Å². The Morgan fingerprint density at radius 1 is 1.20 bits per heavy atom. The van der Waals surface area contributed by atoms with Crippen LogP contribution in [0.1, 0.15) is 0 Å².